The Labute approximate surface area is 101 Å². The van der Waals surface area contributed by atoms with Gasteiger partial charge in [-0.05, 0) is 30.2 Å². The molecule has 1 aliphatic heterocycles. The van der Waals surface area contributed by atoms with Crippen LogP contribution in [0.2, 0.25) is 0 Å². The van der Waals surface area contributed by atoms with E-state index in [2.05, 4.69) is 48.3 Å². The molecule has 3 rings (SSSR count). The van der Waals surface area contributed by atoms with Crippen molar-refractivity contribution in [1.29, 1.82) is 0 Å². The molecule has 0 radical (unpaired) electrons. The van der Waals surface area contributed by atoms with Gasteiger partial charge in [0.15, 0.2) is 0 Å². The molecule has 1 aromatic heterocycles. The van der Waals surface area contributed by atoms with Crippen LogP contribution < -0.4 is 5.32 Å². The number of aryl methyl sites for hydroxylation is 2. The lowest BCUT2D eigenvalue weighted by Gasteiger charge is -2.24. The number of fused-ring (bicyclic) bond motifs is 1. The summed E-state index contributed by atoms with van der Waals surface area (Å²) in [6.45, 7) is 4.85. The number of nitrogens with one attached hydrogen (secondary N) is 1. The van der Waals surface area contributed by atoms with Crippen molar-refractivity contribution in [3.05, 3.63) is 35.5 Å². The number of aromatic nitrogens is 1. The highest BCUT2D eigenvalue weighted by molar-refractivity contribution is 5.84. The van der Waals surface area contributed by atoms with Crippen molar-refractivity contribution < 1.29 is 4.74 Å². The van der Waals surface area contributed by atoms with Crippen molar-refractivity contribution in [1.82, 2.24) is 9.88 Å². The van der Waals surface area contributed by atoms with E-state index in [4.69, 9.17) is 4.74 Å². The monoisotopic (exact) mass is 230 g/mol. The highest BCUT2D eigenvalue weighted by Gasteiger charge is 2.17. The molecule has 17 heavy (non-hydrogen) atoms. The molecule has 2 aromatic rings. The van der Waals surface area contributed by atoms with Crippen LogP contribution in [0.1, 0.15) is 17.2 Å². The fourth-order valence-electron chi connectivity index (χ4n) is 2.68. The maximum absolute atomic E-state index is 5.81. The summed E-state index contributed by atoms with van der Waals surface area (Å²) in [5, 5.41) is 4.68. The Hall–Kier alpha value is -1.32. The topological polar surface area (TPSA) is 26.2 Å². The Morgan fingerprint density at radius 2 is 2.29 bits per heavy atom. The standard InChI is InChI=1S/C14H18N2O/c1-10-7-12(13-9-15-4-6-17-13)8-11-3-5-16(2)14(10)11/h3,5,7-8,13,15H,4,6,9H2,1-2H3. The lowest BCUT2D eigenvalue weighted by atomic mass is 10.0. The first-order valence-corrected chi connectivity index (χ1v) is 6.13. The third-order valence-electron chi connectivity index (χ3n) is 3.48. The summed E-state index contributed by atoms with van der Waals surface area (Å²) in [5.74, 6) is 0. The van der Waals surface area contributed by atoms with E-state index in [0.717, 1.165) is 19.7 Å². The Kier molecular flexibility index (Phi) is 2.65. The van der Waals surface area contributed by atoms with Gasteiger partial charge in [-0.25, -0.2) is 0 Å². The van der Waals surface area contributed by atoms with E-state index in [-0.39, 0.29) is 6.10 Å². The predicted molar refractivity (Wildman–Crippen MR) is 69.2 cm³/mol. The Balaban J connectivity index is 2.05. The van der Waals surface area contributed by atoms with Crippen molar-refractivity contribution >= 4 is 10.9 Å². The third kappa shape index (κ3) is 1.85. The van der Waals surface area contributed by atoms with Gasteiger partial charge in [-0.1, -0.05) is 6.07 Å². The van der Waals surface area contributed by atoms with Crippen molar-refractivity contribution in [2.24, 2.45) is 7.05 Å². The molecule has 1 N–H and O–H groups in total. The molecule has 3 heteroatoms. The van der Waals surface area contributed by atoms with Gasteiger partial charge < -0.3 is 14.6 Å². The minimum absolute atomic E-state index is 0.201. The molecule has 2 heterocycles. The average molecular weight is 230 g/mol. The lowest BCUT2D eigenvalue weighted by molar-refractivity contribution is 0.0277. The number of rotatable bonds is 1. The van der Waals surface area contributed by atoms with Crippen LogP contribution in [0, 0.1) is 6.92 Å². The van der Waals surface area contributed by atoms with Crippen LogP contribution in [0.5, 0.6) is 0 Å². The maximum Gasteiger partial charge on any atom is 0.0950 e. The quantitative estimate of drug-likeness (QED) is 0.812. The number of hydrogen-bond donors (Lipinski definition) is 1. The number of benzene rings is 1. The first-order chi connectivity index (χ1) is 8.25. The van der Waals surface area contributed by atoms with Crippen molar-refractivity contribution in [2.75, 3.05) is 19.7 Å². The molecule has 0 aliphatic carbocycles. The van der Waals surface area contributed by atoms with E-state index in [9.17, 15) is 0 Å². The second-order valence-corrected chi connectivity index (χ2v) is 4.77. The summed E-state index contributed by atoms with van der Waals surface area (Å²) in [5.41, 5.74) is 3.92. The van der Waals surface area contributed by atoms with Gasteiger partial charge in [0, 0.05) is 31.7 Å². The van der Waals surface area contributed by atoms with Crippen LogP contribution in [0.15, 0.2) is 24.4 Å². The molecule has 1 unspecified atom stereocenters. The normalized spacial score (nSPS) is 20.9. The molecule has 1 fully saturated rings. The van der Waals surface area contributed by atoms with Gasteiger partial charge in [-0.15, -0.1) is 0 Å². The summed E-state index contributed by atoms with van der Waals surface area (Å²) < 4.78 is 7.98. The van der Waals surface area contributed by atoms with E-state index < -0.39 is 0 Å². The van der Waals surface area contributed by atoms with Gasteiger partial charge >= 0.3 is 0 Å². The van der Waals surface area contributed by atoms with Gasteiger partial charge in [-0.3, -0.25) is 0 Å². The van der Waals surface area contributed by atoms with E-state index in [1.165, 1.54) is 22.0 Å². The lowest BCUT2D eigenvalue weighted by Crippen LogP contribution is -2.33. The zero-order valence-corrected chi connectivity index (χ0v) is 10.4. The van der Waals surface area contributed by atoms with Crippen molar-refractivity contribution in [2.45, 2.75) is 13.0 Å². The molecular weight excluding hydrogens is 212 g/mol. The molecule has 0 bridgehead atoms. The zero-order chi connectivity index (χ0) is 11.8. The van der Waals surface area contributed by atoms with Crippen LogP contribution in [0.4, 0.5) is 0 Å². The summed E-state index contributed by atoms with van der Waals surface area (Å²) in [7, 11) is 2.09. The smallest absolute Gasteiger partial charge is 0.0950 e. The van der Waals surface area contributed by atoms with Gasteiger partial charge in [0.25, 0.3) is 0 Å². The van der Waals surface area contributed by atoms with Crippen molar-refractivity contribution in [3.63, 3.8) is 0 Å². The van der Waals surface area contributed by atoms with Gasteiger partial charge in [-0.2, -0.15) is 0 Å². The van der Waals surface area contributed by atoms with Gasteiger partial charge in [0.05, 0.1) is 18.2 Å². The second kappa shape index (κ2) is 4.17. The summed E-state index contributed by atoms with van der Waals surface area (Å²) in [4.78, 5) is 0. The van der Waals surface area contributed by atoms with E-state index in [0.29, 0.717) is 0 Å². The van der Waals surface area contributed by atoms with E-state index in [1.807, 2.05) is 0 Å². The molecular formula is C14H18N2O. The number of ether oxygens (including phenoxy) is 1. The molecule has 1 aliphatic rings. The highest BCUT2D eigenvalue weighted by atomic mass is 16.5. The van der Waals surface area contributed by atoms with Crippen LogP contribution in [-0.4, -0.2) is 24.3 Å². The Morgan fingerprint density at radius 3 is 3.06 bits per heavy atom. The van der Waals surface area contributed by atoms with Gasteiger partial charge in [0.2, 0.25) is 0 Å². The summed E-state index contributed by atoms with van der Waals surface area (Å²) in [6, 6.07) is 6.67. The van der Waals surface area contributed by atoms with Crippen molar-refractivity contribution in [3.8, 4) is 0 Å². The molecule has 90 valence electrons. The number of nitrogens with zero attached hydrogens (tertiary/aromatic N) is 1. The van der Waals surface area contributed by atoms with Crippen LogP contribution >= 0.6 is 0 Å². The van der Waals surface area contributed by atoms with E-state index in [1.54, 1.807) is 0 Å². The van der Waals surface area contributed by atoms with Crippen LogP contribution in [0.3, 0.4) is 0 Å². The second-order valence-electron chi connectivity index (χ2n) is 4.77. The Bertz CT molecular complexity index is 538. The predicted octanol–water partition coefficient (Wildman–Crippen LogP) is 2.15. The molecule has 0 saturated carbocycles. The minimum atomic E-state index is 0.201. The van der Waals surface area contributed by atoms with E-state index >= 15 is 0 Å². The minimum Gasteiger partial charge on any atom is -0.371 e. The molecule has 0 amide bonds. The van der Waals surface area contributed by atoms with Gasteiger partial charge in [0.1, 0.15) is 0 Å². The zero-order valence-electron chi connectivity index (χ0n) is 10.4. The fraction of sp³-hybridized carbons (Fsp3) is 0.429. The summed E-state index contributed by atoms with van der Waals surface area (Å²) >= 11 is 0. The first-order valence-electron chi connectivity index (χ1n) is 6.13. The Morgan fingerprint density at radius 1 is 1.41 bits per heavy atom. The highest BCUT2D eigenvalue weighted by Crippen LogP contribution is 2.26. The number of morpholine rings is 1. The number of hydrogen-bond acceptors (Lipinski definition) is 2. The molecule has 0 spiro atoms. The molecule has 1 saturated heterocycles. The molecule has 3 nitrogen and oxygen atoms in total. The van der Waals surface area contributed by atoms with Crippen LogP contribution in [-0.2, 0) is 11.8 Å². The third-order valence-corrected chi connectivity index (χ3v) is 3.48. The largest absolute Gasteiger partial charge is 0.371 e. The fourth-order valence-corrected chi connectivity index (χ4v) is 2.68. The average Bonchev–Trinajstić information content (AvgIpc) is 2.73. The van der Waals surface area contributed by atoms with Crippen LogP contribution in [0.25, 0.3) is 10.9 Å². The molecule has 1 atom stereocenters. The molecule has 1 aromatic carbocycles. The maximum atomic E-state index is 5.81. The SMILES string of the molecule is Cc1cc(C2CNCCO2)cc2ccn(C)c12. The summed E-state index contributed by atoms with van der Waals surface area (Å²) in [6.07, 6.45) is 2.31. The first kappa shape index (κ1) is 10.8.